The molecule has 0 atom stereocenters. The third-order valence-corrected chi connectivity index (χ3v) is 3.59. The Hall–Kier alpha value is -2.50. The van der Waals surface area contributed by atoms with Gasteiger partial charge in [-0.1, -0.05) is 0 Å². The van der Waals surface area contributed by atoms with Crippen molar-refractivity contribution >= 4 is 23.5 Å². The van der Waals surface area contributed by atoms with Gasteiger partial charge < -0.3 is 4.90 Å². The number of carbonyl (C=O) groups is 4. The van der Waals surface area contributed by atoms with E-state index in [-0.39, 0.29) is 17.3 Å². The Morgan fingerprint density at radius 1 is 1.00 bits per heavy atom. The Morgan fingerprint density at radius 3 is 2.35 bits per heavy atom. The summed E-state index contributed by atoms with van der Waals surface area (Å²) >= 11 is 0. The molecule has 1 fully saturated rings. The molecule has 0 spiro atoms. The summed E-state index contributed by atoms with van der Waals surface area (Å²) in [5, 5.41) is 2.19. The van der Waals surface area contributed by atoms with Crippen molar-refractivity contribution in [2.24, 2.45) is 0 Å². The average Bonchev–Trinajstić information content (AvgIpc) is 2.74. The third kappa shape index (κ3) is 1.99. The van der Waals surface area contributed by atoms with E-state index in [0.29, 0.717) is 37.1 Å². The molecule has 6 heteroatoms. The maximum Gasteiger partial charge on any atom is 0.258 e. The van der Waals surface area contributed by atoms with Gasteiger partial charge in [-0.25, -0.2) is 0 Å². The molecule has 1 saturated heterocycles. The number of Topliss-reactive ketones (excluding diaryl/α,β-unsaturated/α-hetero) is 1. The number of piperidine rings is 1. The van der Waals surface area contributed by atoms with E-state index in [0.717, 1.165) is 0 Å². The largest absolute Gasteiger partial charge is 0.338 e. The summed E-state index contributed by atoms with van der Waals surface area (Å²) < 4.78 is 0. The van der Waals surface area contributed by atoms with Gasteiger partial charge in [0.05, 0.1) is 11.1 Å². The fourth-order valence-corrected chi connectivity index (χ4v) is 2.44. The number of ketones is 1. The van der Waals surface area contributed by atoms with E-state index < -0.39 is 11.8 Å². The maximum absolute atomic E-state index is 12.3. The smallest absolute Gasteiger partial charge is 0.258 e. The third-order valence-electron chi connectivity index (χ3n) is 3.59. The molecule has 20 heavy (non-hydrogen) atoms. The number of amides is 3. The van der Waals surface area contributed by atoms with Crippen LogP contribution in [-0.4, -0.2) is 41.5 Å². The zero-order valence-corrected chi connectivity index (χ0v) is 10.6. The van der Waals surface area contributed by atoms with Gasteiger partial charge in [-0.05, 0) is 18.2 Å². The highest BCUT2D eigenvalue weighted by Gasteiger charge is 2.29. The normalized spacial score (nSPS) is 18.0. The predicted octanol–water partition coefficient (Wildman–Crippen LogP) is 0.375. The van der Waals surface area contributed by atoms with Crippen molar-refractivity contribution in [3.63, 3.8) is 0 Å². The van der Waals surface area contributed by atoms with E-state index in [4.69, 9.17) is 0 Å². The van der Waals surface area contributed by atoms with Crippen molar-refractivity contribution in [2.75, 3.05) is 13.1 Å². The molecule has 0 unspecified atom stereocenters. The van der Waals surface area contributed by atoms with Crippen molar-refractivity contribution in [3.05, 3.63) is 34.9 Å². The van der Waals surface area contributed by atoms with Crippen LogP contribution in [0, 0.1) is 0 Å². The number of imide groups is 1. The van der Waals surface area contributed by atoms with E-state index in [1.807, 2.05) is 0 Å². The van der Waals surface area contributed by atoms with Crippen molar-refractivity contribution in [2.45, 2.75) is 12.8 Å². The highest BCUT2D eigenvalue weighted by atomic mass is 16.2. The molecule has 102 valence electrons. The molecular weight excluding hydrogens is 260 g/mol. The summed E-state index contributed by atoms with van der Waals surface area (Å²) in [6, 6.07) is 4.46. The van der Waals surface area contributed by atoms with Gasteiger partial charge in [0.25, 0.3) is 17.7 Å². The number of nitrogens with one attached hydrogen (secondary N) is 1. The lowest BCUT2D eigenvalue weighted by Gasteiger charge is -2.26. The van der Waals surface area contributed by atoms with Crippen molar-refractivity contribution in [1.29, 1.82) is 0 Å². The fourth-order valence-electron chi connectivity index (χ4n) is 2.44. The average molecular weight is 272 g/mol. The van der Waals surface area contributed by atoms with Crippen LogP contribution in [0.3, 0.4) is 0 Å². The van der Waals surface area contributed by atoms with Crippen LogP contribution in [0.5, 0.6) is 0 Å². The van der Waals surface area contributed by atoms with Crippen molar-refractivity contribution < 1.29 is 19.2 Å². The quantitative estimate of drug-likeness (QED) is 0.749. The molecule has 3 amide bonds. The second-order valence-electron chi connectivity index (χ2n) is 4.87. The van der Waals surface area contributed by atoms with Crippen LogP contribution < -0.4 is 5.32 Å². The molecule has 6 nitrogen and oxygen atoms in total. The van der Waals surface area contributed by atoms with Crippen LogP contribution >= 0.6 is 0 Å². The molecule has 3 rings (SSSR count). The van der Waals surface area contributed by atoms with Gasteiger partial charge in [0.1, 0.15) is 5.78 Å². The lowest BCUT2D eigenvalue weighted by Crippen LogP contribution is -2.38. The standard InChI is InChI=1S/C14H12N2O4/c17-9-3-5-16(6-4-9)14(20)8-1-2-10-11(7-8)13(19)15-12(10)18/h1-2,7H,3-6H2,(H,15,18,19). The second kappa shape index (κ2) is 4.56. The van der Waals surface area contributed by atoms with Gasteiger partial charge in [-0.3, -0.25) is 24.5 Å². The highest BCUT2D eigenvalue weighted by Crippen LogP contribution is 2.19. The molecule has 1 aromatic rings. The van der Waals surface area contributed by atoms with E-state index in [2.05, 4.69) is 5.32 Å². The Morgan fingerprint density at radius 2 is 1.65 bits per heavy atom. The van der Waals surface area contributed by atoms with Crippen LogP contribution in [0.1, 0.15) is 43.9 Å². The number of carbonyl (C=O) groups excluding carboxylic acids is 4. The van der Waals surface area contributed by atoms with Crippen LogP contribution in [-0.2, 0) is 4.79 Å². The van der Waals surface area contributed by atoms with Gasteiger partial charge in [-0.2, -0.15) is 0 Å². The molecule has 0 radical (unpaired) electrons. The minimum Gasteiger partial charge on any atom is -0.338 e. The van der Waals surface area contributed by atoms with Crippen LogP contribution in [0.2, 0.25) is 0 Å². The van der Waals surface area contributed by atoms with Gasteiger partial charge in [0, 0.05) is 31.5 Å². The van der Waals surface area contributed by atoms with Crippen molar-refractivity contribution in [3.8, 4) is 0 Å². The molecule has 0 aliphatic carbocycles. The first-order valence-corrected chi connectivity index (χ1v) is 6.37. The first-order chi connectivity index (χ1) is 9.56. The number of benzene rings is 1. The maximum atomic E-state index is 12.3. The lowest BCUT2D eigenvalue weighted by molar-refractivity contribution is -0.120. The minimum absolute atomic E-state index is 0.160. The number of nitrogens with zero attached hydrogens (tertiary/aromatic N) is 1. The molecule has 2 aliphatic rings. The van der Waals surface area contributed by atoms with Crippen LogP contribution in [0.25, 0.3) is 0 Å². The van der Waals surface area contributed by atoms with E-state index in [1.54, 1.807) is 4.90 Å². The van der Waals surface area contributed by atoms with Gasteiger partial charge in [0.2, 0.25) is 0 Å². The number of fused-ring (bicyclic) bond motifs is 1. The van der Waals surface area contributed by atoms with E-state index in [1.165, 1.54) is 18.2 Å². The molecule has 2 aliphatic heterocycles. The summed E-state index contributed by atoms with van der Waals surface area (Å²) in [4.78, 5) is 48.1. The summed E-state index contributed by atoms with van der Waals surface area (Å²) in [6.45, 7) is 0.805. The SMILES string of the molecule is O=C1CCN(C(=O)c2ccc3c(c2)C(=O)NC3=O)CC1. The molecule has 2 heterocycles. The van der Waals surface area contributed by atoms with E-state index >= 15 is 0 Å². The molecule has 0 bridgehead atoms. The van der Waals surface area contributed by atoms with Gasteiger partial charge >= 0.3 is 0 Å². The van der Waals surface area contributed by atoms with Gasteiger partial charge in [-0.15, -0.1) is 0 Å². The summed E-state index contributed by atoms with van der Waals surface area (Å²) in [5.74, 6) is -0.971. The highest BCUT2D eigenvalue weighted by molar-refractivity contribution is 6.22. The zero-order valence-electron chi connectivity index (χ0n) is 10.6. The number of hydrogen-bond acceptors (Lipinski definition) is 4. The Bertz CT molecular complexity index is 641. The zero-order chi connectivity index (χ0) is 14.3. The number of hydrogen-bond donors (Lipinski definition) is 1. The van der Waals surface area contributed by atoms with Crippen molar-refractivity contribution in [1.82, 2.24) is 10.2 Å². The minimum atomic E-state index is -0.478. The summed E-state index contributed by atoms with van der Waals surface area (Å²) in [6.07, 6.45) is 0.741. The second-order valence-corrected chi connectivity index (χ2v) is 4.87. The molecule has 0 saturated carbocycles. The lowest BCUT2D eigenvalue weighted by atomic mass is 10.0. The fraction of sp³-hybridized carbons (Fsp3) is 0.286. The number of rotatable bonds is 1. The first kappa shape index (κ1) is 12.5. The Labute approximate surface area is 114 Å². The molecular formula is C14H12N2O4. The first-order valence-electron chi connectivity index (χ1n) is 6.37. The summed E-state index contributed by atoms with van der Waals surface area (Å²) in [7, 11) is 0. The summed E-state index contributed by atoms with van der Waals surface area (Å²) in [5.41, 5.74) is 0.886. The van der Waals surface area contributed by atoms with E-state index in [9.17, 15) is 19.2 Å². The molecule has 1 N–H and O–H groups in total. The van der Waals surface area contributed by atoms with Crippen LogP contribution in [0.15, 0.2) is 18.2 Å². The Kier molecular flexibility index (Phi) is 2.85. The topological polar surface area (TPSA) is 83.6 Å². The number of likely N-dealkylation sites (tertiary alicyclic amines) is 1. The molecule has 0 aromatic heterocycles. The van der Waals surface area contributed by atoms with Gasteiger partial charge in [0.15, 0.2) is 0 Å². The monoisotopic (exact) mass is 272 g/mol. The molecule has 1 aromatic carbocycles. The van der Waals surface area contributed by atoms with Crippen LogP contribution in [0.4, 0.5) is 0 Å². The predicted molar refractivity (Wildman–Crippen MR) is 68.4 cm³/mol. The Balaban J connectivity index is 1.86.